The summed E-state index contributed by atoms with van der Waals surface area (Å²) >= 11 is 3.53. The standard InChI is InChI=1S/C21H23BrN4O2/c1-26-13-12-23-20(26)19(16-7-5-8-17(14-16)28-2)25-21(27)24-11-10-15-6-3-4-9-18(15)22/h3-9,12-14,19H,10-11H2,1-2H3,(H2,24,25,27). The van der Waals surface area contributed by atoms with E-state index in [1.807, 2.05) is 66.3 Å². The molecule has 0 aliphatic rings. The molecule has 0 spiro atoms. The molecule has 0 aliphatic carbocycles. The molecule has 1 aromatic heterocycles. The summed E-state index contributed by atoms with van der Waals surface area (Å²) in [5.41, 5.74) is 2.05. The summed E-state index contributed by atoms with van der Waals surface area (Å²) in [5, 5.41) is 5.96. The average Bonchev–Trinajstić information content (AvgIpc) is 3.13. The molecule has 3 rings (SSSR count). The van der Waals surface area contributed by atoms with Crippen LogP contribution < -0.4 is 15.4 Å². The highest BCUT2D eigenvalue weighted by Gasteiger charge is 2.21. The Kier molecular flexibility index (Phi) is 6.71. The van der Waals surface area contributed by atoms with E-state index >= 15 is 0 Å². The fourth-order valence-electron chi connectivity index (χ4n) is 2.97. The number of aryl methyl sites for hydroxylation is 1. The van der Waals surface area contributed by atoms with E-state index in [0.717, 1.165) is 33.6 Å². The lowest BCUT2D eigenvalue weighted by Gasteiger charge is -2.20. The number of imidazole rings is 1. The molecule has 0 saturated heterocycles. The van der Waals surface area contributed by atoms with E-state index in [9.17, 15) is 4.79 Å². The van der Waals surface area contributed by atoms with Crippen LogP contribution in [0.15, 0.2) is 65.4 Å². The number of nitrogens with one attached hydrogen (secondary N) is 2. The minimum Gasteiger partial charge on any atom is -0.497 e. The number of aromatic nitrogens is 2. The van der Waals surface area contributed by atoms with E-state index in [4.69, 9.17) is 4.74 Å². The van der Waals surface area contributed by atoms with Gasteiger partial charge >= 0.3 is 6.03 Å². The Bertz CT molecular complexity index is 941. The third kappa shape index (κ3) is 4.92. The van der Waals surface area contributed by atoms with Gasteiger partial charge in [0.1, 0.15) is 17.6 Å². The third-order valence-corrected chi connectivity index (χ3v) is 5.23. The first-order valence-electron chi connectivity index (χ1n) is 8.97. The van der Waals surface area contributed by atoms with E-state index in [1.54, 1.807) is 13.3 Å². The maximum Gasteiger partial charge on any atom is 0.315 e. The lowest BCUT2D eigenvalue weighted by Crippen LogP contribution is -2.40. The van der Waals surface area contributed by atoms with Gasteiger partial charge in [-0.25, -0.2) is 9.78 Å². The van der Waals surface area contributed by atoms with Crippen molar-refractivity contribution in [3.05, 3.63) is 82.3 Å². The Morgan fingerprint density at radius 1 is 1.25 bits per heavy atom. The molecule has 0 aliphatic heterocycles. The van der Waals surface area contributed by atoms with Crippen molar-refractivity contribution in [3.63, 3.8) is 0 Å². The highest BCUT2D eigenvalue weighted by Crippen LogP contribution is 2.24. The maximum absolute atomic E-state index is 12.6. The van der Waals surface area contributed by atoms with Crippen LogP contribution in [0, 0.1) is 0 Å². The lowest BCUT2D eigenvalue weighted by atomic mass is 10.1. The molecular formula is C21H23BrN4O2. The fourth-order valence-corrected chi connectivity index (χ4v) is 3.45. The van der Waals surface area contributed by atoms with Crippen LogP contribution in [0.1, 0.15) is 23.0 Å². The Labute approximate surface area is 173 Å². The number of hydrogen-bond donors (Lipinski definition) is 2. The zero-order chi connectivity index (χ0) is 19.9. The monoisotopic (exact) mass is 442 g/mol. The quantitative estimate of drug-likeness (QED) is 0.584. The third-order valence-electron chi connectivity index (χ3n) is 4.46. The number of carbonyl (C=O) groups is 1. The van der Waals surface area contributed by atoms with Crippen molar-refractivity contribution in [1.29, 1.82) is 0 Å². The molecule has 1 unspecified atom stereocenters. The van der Waals surface area contributed by atoms with Gasteiger partial charge in [-0.3, -0.25) is 0 Å². The molecule has 0 fully saturated rings. The predicted octanol–water partition coefficient (Wildman–Crippen LogP) is 3.82. The molecule has 0 bridgehead atoms. The number of halogens is 1. The van der Waals surface area contributed by atoms with Crippen LogP contribution in [0.4, 0.5) is 4.79 Å². The Balaban J connectivity index is 1.70. The molecule has 2 aromatic carbocycles. The van der Waals surface area contributed by atoms with Crippen molar-refractivity contribution in [2.75, 3.05) is 13.7 Å². The molecule has 6 nitrogen and oxygen atoms in total. The van der Waals surface area contributed by atoms with Crippen LogP contribution in [0.5, 0.6) is 5.75 Å². The number of ether oxygens (including phenoxy) is 1. The van der Waals surface area contributed by atoms with Crippen LogP contribution in [0.3, 0.4) is 0 Å². The van der Waals surface area contributed by atoms with Gasteiger partial charge in [-0.2, -0.15) is 0 Å². The van der Waals surface area contributed by atoms with Gasteiger partial charge < -0.3 is 19.9 Å². The zero-order valence-corrected chi connectivity index (χ0v) is 17.4. The number of methoxy groups -OCH3 is 1. The molecule has 2 N–H and O–H groups in total. The summed E-state index contributed by atoms with van der Waals surface area (Å²) in [4.78, 5) is 17.0. The molecule has 0 saturated carbocycles. The summed E-state index contributed by atoms with van der Waals surface area (Å²) in [6.45, 7) is 0.528. The van der Waals surface area contributed by atoms with Gasteiger partial charge in [0.05, 0.1) is 7.11 Å². The van der Waals surface area contributed by atoms with Gasteiger partial charge in [-0.05, 0) is 35.7 Å². The normalized spacial score (nSPS) is 11.7. The predicted molar refractivity (Wildman–Crippen MR) is 112 cm³/mol. The number of urea groups is 1. The summed E-state index contributed by atoms with van der Waals surface area (Å²) in [7, 11) is 3.53. The highest BCUT2D eigenvalue weighted by molar-refractivity contribution is 9.10. The van der Waals surface area contributed by atoms with E-state index in [2.05, 4.69) is 31.5 Å². The zero-order valence-electron chi connectivity index (χ0n) is 15.9. The van der Waals surface area contributed by atoms with Gasteiger partial charge in [-0.15, -0.1) is 0 Å². The SMILES string of the molecule is COc1cccc(C(NC(=O)NCCc2ccccc2Br)c2nccn2C)c1. The topological polar surface area (TPSA) is 68.2 Å². The van der Waals surface area contributed by atoms with Crippen molar-refractivity contribution >= 4 is 22.0 Å². The molecule has 2 amide bonds. The molecule has 1 heterocycles. The van der Waals surface area contributed by atoms with Crippen LogP contribution in [0.25, 0.3) is 0 Å². The van der Waals surface area contributed by atoms with E-state index in [-0.39, 0.29) is 6.03 Å². The first-order chi connectivity index (χ1) is 13.6. The Hall–Kier alpha value is -2.80. The minimum atomic E-state index is -0.390. The van der Waals surface area contributed by atoms with E-state index in [1.165, 1.54) is 0 Å². The number of carbonyl (C=O) groups excluding carboxylic acids is 1. The molecule has 0 radical (unpaired) electrons. The Morgan fingerprint density at radius 2 is 2.07 bits per heavy atom. The average molecular weight is 443 g/mol. The van der Waals surface area contributed by atoms with Crippen molar-refractivity contribution < 1.29 is 9.53 Å². The van der Waals surface area contributed by atoms with Gasteiger partial charge in [0.25, 0.3) is 0 Å². The molecule has 146 valence electrons. The molecule has 7 heteroatoms. The van der Waals surface area contributed by atoms with Crippen molar-refractivity contribution in [1.82, 2.24) is 20.2 Å². The highest BCUT2D eigenvalue weighted by atomic mass is 79.9. The number of rotatable bonds is 7. The number of amides is 2. The second kappa shape index (κ2) is 9.41. The van der Waals surface area contributed by atoms with E-state index < -0.39 is 6.04 Å². The molecule has 3 aromatic rings. The maximum atomic E-state index is 12.6. The van der Waals surface area contributed by atoms with Crippen molar-refractivity contribution in [2.45, 2.75) is 12.5 Å². The smallest absolute Gasteiger partial charge is 0.315 e. The van der Waals surface area contributed by atoms with Crippen molar-refractivity contribution in [3.8, 4) is 5.75 Å². The van der Waals surface area contributed by atoms with Crippen LogP contribution in [0.2, 0.25) is 0 Å². The van der Waals surface area contributed by atoms with Gasteiger partial charge in [0.2, 0.25) is 0 Å². The molecule has 28 heavy (non-hydrogen) atoms. The molecular weight excluding hydrogens is 420 g/mol. The van der Waals surface area contributed by atoms with Crippen LogP contribution >= 0.6 is 15.9 Å². The Morgan fingerprint density at radius 3 is 2.79 bits per heavy atom. The van der Waals surface area contributed by atoms with Gasteiger partial charge in [0, 0.05) is 30.5 Å². The first kappa shape index (κ1) is 19.9. The lowest BCUT2D eigenvalue weighted by molar-refractivity contribution is 0.238. The second-order valence-electron chi connectivity index (χ2n) is 6.35. The summed E-state index contributed by atoms with van der Waals surface area (Å²) < 4.78 is 8.26. The number of benzene rings is 2. The second-order valence-corrected chi connectivity index (χ2v) is 7.20. The minimum absolute atomic E-state index is 0.247. The fraction of sp³-hybridized carbons (Fsp3) is 0.238. The van der Waals surface area contributed by atoms with Gasteiger partial charge in [-0.1, -0.05) is 46.3 Å². The first-order valence-corrected chi connectivity index (χ1v) is 9.76. The summed E-state index contributed by atoms with van der Waals surface area (Å²) in [6.07, 6.45) is 4.31. The van der Waals surface area contributed by atoms with Crippen molar-refractivity contribution in [2.24, 2.45) is 7.05 Å². The number of nitrogens with zero attached hydrogens (tertiary/aromatic N) is 2. The molecule has 1 atom stereocenters. The van der Waals surface area contributed by atoms with Gasteiger partial charge in [0.15, 0.2) is 0 Å². The summed E-state index contributed by atoms with van der Waals surface area (Å²) in [6, 6.07) is 15.0. The van der Waals surface area contributed by atoms with Crippen LogP contribution in [-0.2, 0) is 13.5 Å². The number of hydrogen-bond acceptors (Lipinski definition) is 3. The largest absolute Gasteiger partial charge is 0.497 e. The summed E-state index contributed by atoms with van der Waals surface area (Å²) in [5.74, 6) is 1.47. The van der Waals surface area contributed by atoms with E-state index in [0.29, 0.717) is 6.54 Å². The van der Waals surface area contributed by atoms with Crippen LogP contribution in [-0.4, -0.2) is 29.2 Å².